The van der Waals surface area contributed by atoms with Crippen LogP contribution in [0.4, 0.5) is 10.7 Å². The molecule has 11 nitrogen and oxygen atoms in total. The Labute approximate surface area is 177 Å². The number of hydrogen-bond donors (Lipinski definition) is 2. The van der Waals surface area contributed by atoms with Gasteiger partial charge in [-0.15, -0.1) is 17.5 Å². The van der Waals surface area contributed by atoms with E-state index >= 15 is 0 Å². The van der Waals surface area contributed by atoms with E-state index in [0.29, 0.717) is 22.9 Å². The number of anilines is 1. The summed E-state index contributed by atoms with van der Waals surface area (Å²) >= 11 is 0. The number of urea groups is 1. The van der Waals surface area contributed by atoms with Crippen molar-refractivity contribution in [2.45, 2.75) is 18.9 Å². The van der Waals surface area contributed by atoms with E-state index in [9.17, 15) is 4.79 Å². The first kappa shape index (κ1) is 20.1. The molecule has 2 amide bonds. The van der Waals surface area contributed by atoms with Gasteiger partial charge >= 0.3 is 6.03 Å². The molecule has 158 valence electrons. The molecule has 5 heterocycles. The van der Waals surface area contributed by atoms with Crippen molar-refractivity contribution in [3.05, 3.63) is 24.6 Å². The van der Waals surface area contributed by atoms with Gasteiger partial charge in [-0.25, -0.2) is 9.78 Å². The molecule has 0 unspecified atom stereocenters. The lowest BCUT2D eigenvalue weighted by Crippen LogP contribution is -2.45. The first-order valence-corrected chi connectivity index (χ1v) is 9.47. The molecule has 0 aromatic carbocycles. The first-order chi connectivity index (χ1) is 14.1. The lowest BCUT2D eigenvalue weighted by Gasteiger charge is -2.29. The summed E-state index contributed by atoms with van der Waals surface area (Å²) in [5.74, 6) is 1.20. The van der Waals surface area contributed by atoms with Gasteiger partial charge in [-0.2, -0.15) is 14.6 Å². The Morgan fingerprint density at radius 3 is 2.73 bits per heavy atom. The molecule has 12 heteroatoms. The van der Waals surface area contributed by atoms with Crippen LogP contribution in [-0.4, -0.2) is 66.5 Å². The molecule has 1 aliphatic rings. The minimum absolute atomic E-state index is 0. The van der Waals surface area contributed by atoms with Crippen LogP contribution in [0.5, 0.6) is 0 Å². The smallest absolute Gasteiger partial charge is 0.321 e. The van der Waals surface area contributed by atoms with Crippen molar-refractivity contribution in [1.29, 1.82) is 0 Å². The molecule has 0 bridgehead atoms. The number of aryl methyl sites for hydroxylation is 1. The summed E-state index contributed by atoms with van der Waals surface area (Å²) in [6, 6.07) is 3.36. The molecule has 0 spiro atoms. The molecule has 4 aromatic rings. The van der Waals surface area contributed by atoms with Crippen molar-refractivity contribution in [2.24, 2.45) is 7.05 Å². The number of carbonyl (C=O) groups excluding carboxylic acids is 1. The fourth-order valence-electron chi connectivity index (χ4n) is 3.57. The molecule has 0 saturated carbocycles. The van der Waals surface area contributed by atoms with Gasteiger partial charge in [-0.3, -0.25) is 10.00 Å². The maximum Gasteiger partial charge on any atom is 0.321 e. The monoisotopic (exact) mass is 431 g/mol. The highest BCUT2D eigenvalue weighted by molar-refractivity contribution is 5.93. The second-order valence-corrected chi connectivity index (χ2v) is 7.30. The van der Waals surface area contributed by atoms with Gasteiger partial charge in [-0.1, -0.05) is 0 Å². The largest absolute Gasteiger partial charge is 0.461 e. The third-order valence-electron chi connectivity index (χ3n) is 5.09. The highest BCUT2D eigenvalue weighted by Crippen LogP contribution is 2.23. The van der Waals surface area contributed by atoms with Crippen LogP contribution in [-0.2, 0) is 7.05 Å². The number of halogens is 1. The number of likely N-dealkylation sites (tertiary alicyclic amines) is 1. The average Bonchev–Trinajstić information content (AvgIpc) is 3.41. The Morgan fingerprint density at radius 1 is 1.20 bits per heavy atom. The summed E-state index contributed by atoms with van der Waals surface area (Å²) in [4.78, 5) is 23.9. The molecule has 0 atom stereocenters. The highest BCUT2D eigenvalue weighted by atomic mass is 35.5. The fourth-order valence-corrected chi connectivity index (χ4v) is 3.57. The van der Waals surface area contributed by atoms with Crippen LogP contribution in [0, 0.1) is 0 Å². The number of nitrogens with one attached hydrogen (secondary N) is 2. The molecule has 1 fully saturated rings. The zero-order chi connectivity index (χ0) is 20.0. The predicted molar refractivity (Wildman–Crippen MR) is 113 cm³/mol. The van der Waals surface area contributed by atoms with Crippen molar-refractivity contribution < 1.29 is 9.21 Å². The molecule has 0 radical (unpaired) electrons. The number of hydrogen-bond acceptors (Lipinski definition) is 7. The van der Waals surface area contributed by atoms with Gasteiger partial charge in [0.15, 0.2) is 17.1 Å². The van der Waals surface area contributed by atoms with Crippen LogP contribution in [0.15, 0.2) is 29.0 Å². The van der Waals surface area contributed by atoms with E-state index in [1.807, 2.05) is 13.2 Å². The molecule has 4 aromatic heterocycles. The van der Waals surface area contributed by atoms with Crippen molar-refractivity contribution in [2.75, 3.05) is 25.5 Å². The Bertz CT molecular complexity index is 1180. The standard InChI is InChI=1S/C18H21N9O2.ClH/c1-25-7-5-11(6-8-25)19-18(28)22-17-21-14-12(10-26(2)23-14)16-20-15(24-27(16)17)13-4-3-9-29-13;/h3-4,9-11H,5-8H2,1-2H3,(H2,19,21,22,23,28);1H. The first-order valence-electron chi connectivity index (χ1n) is 9.47. The van der Waals surface area contributed by atoms with Gasteiger partial charge in [0.1, 0.15) is 0 Å². The Balaban J connectivity index is 0.00000218. The van der Waals surface area contributed by atoms with E-state index in [2.05, 4.69) is 42.7 Å². The Kier molecular flexibility index (Phi) is 5.31. The van der Waals surface area contributed by atoms with Crippen LogP contribution < -0.4 is 10.6 Å². The van der Waals surface area contributed by atoms with Crippen LogP contribution in [0.3, 0.4) is 0 Å². The lowest BCUT2D eigenvalue weighted by molar-refractivity contribution is 0.221. The second-order valence-electron chi connectivity index (χ2n) is 7.30. The second kappa shape index (κ2) is 7.92. The van der Waals surface area contributed by atoms with Crippen molar-refractivity contribution in [3.63, 3.8) is 0 Å². The van der Waals surface area contributed by atoms with E-state index < -0.39 is 0 Å². The van der Waals surface area contributed by atoms with E-state index in [1.165, 1.54) is 4.52 Å². The summed E-state index contributed by atoms with van der Waals surface area (Å²) in [5.41, 5.74) is 1.03. The number of fused-ring (bicyclic) bond motifs is 3. The summed E-state index contributed by atoms with van der Waals surface area (Å²) in [6.07, 6.45) is 5.21. The minimum Gasteiger partial charge on any atom is -0.461 e. The zero-order valence-electron chi connectivity index (χ0n) is 16.6. The average molecular weight is 432 g/mol. The number of piperidine rings is 1. The number of carbonyl (C=O) groups is 1. The lowest BCUT2D eigenvalue weighted by atomic mass is 10.1. The highest BCUT2D eigenvalue weighted by Gasteiger charge is 2.21. The predicted octanol–water partition coefficient (Wildman–Crippen LogP) is 1.91. The SMILES string of the molecule is CN1CCC(NC(=O)Nc2nc3nn(C)cc3c3nc(-c4ccco4)nn23)CC1.Cl. The molecule has 1 aliphatic heterocycles. The van der Waals surface area contributed by atoms with Gasteiger partial charge in [0, 0.05) is 19.3 Å². The molecule has 1 saturated heterocycles. The molecular weight excluding hydrogens is 410 g/mol. The quantitative estimate of drug-likeness (QED) is 0.508. The van der Waals surface area contributed by atoms with Crippen molar-refractivity contribution >= 4 is 41.1 Å². The normalized spacial score (nSPS) is 15.4. The molecule has 5 rings (SSSR count). The molecular formula is C18H22ClN9O2. The van der Waals surface area contributed by atoms with Gasteiger partial charge in [0.25, 0.3) is 0 Å². The molecule has 0 aliphatic carbocycles. The van der Waals surface area contributed by atoms with Gasteiger partial charge < -0.3 is 14.6 Å². The Hall–Kier alpha value is -3.18. The summed E-state index contributed by atoms with van der Waals surface area (Å²) in [7, 11) is 3.89. The minimum atomic E-state index is -0.321. The molecule has 2 N–H and O–H groups in total. The van der Waals surface area contributed by atoms with E-state index in [1.54, 1.807) is 23.1 Å². The van der Waals surface area contributed by atoms with Crippen LogP contribution in [0.25, 0.3) is 28.3 Å². The van der Waals surface area contributed by atoms with Crippen molar-refractivity contribution in [3.8, 4) is 11.6 Å². The summed E-state index contributed by atoms with van der Waals surface area (Å²) in [6.45, 7) is 1.92. The third kappa shape index (κ3) is 3.68. The van der Waals surface area contributed by atoms with Gasteiger partial charge in [-0.05, 0) is 45.1 Å². The van der Waals surface area contributed by atoms with Gasteiger partial charge in [0.2, 0.25) is 11.8 Å². The number of furan rings is 1. The maximum absolute atomic E-state index is 12.6. The van der Waals surface area contributed by atoms with Crippen LogP contribution in [0.2, 0.25) is 0 Å². The molecule has 30 heavy (non-hydrogen) atoms. The van der Waals surface area contributed by atoms with E-state index in [0.717, 1.165) is 31.3 Å². The van der Waals surface area contributed by atoms with Crippen molar-refractivity contribution in [1.82, 2.24) is 39.6 Å². The van der Waals surface area contributed by atoms with Crippen LogP contribution >= 0.6 is 12.4 Å². The number of rotatable bonds is 3. The van der Waals surface area contributed by atoms with Crippen LogP contribution in [0.1, 0.15) is 12.8 Å². The number of amides is 2. The Morgan fingerprint density at radius 2 is 2.00 bits per heavy atom. The summed E-state index contributed by atoms with van der Waals surface area (Å²) in [5, 5.41) is 15.4. The topological polar surface area (TPSA) is 118 Å². The maximum atomic E-state index is 12.6. The number of nitrogens with zero attached hydrogens (tertiary/aromatic N) is 7. The van der Waals surface area contributed by atoms with E-state index in [-0.39, 0.29) is 30.4 Å². The van der Waals surface area contributed by atoms with Gasteiger partial charge in [0.05, 0.1) is 11.6 Å². The fraction of sp³-hybridized carbons (Fsp3) is 0.389. The van der Waals surface area contributed by atoms with E-state index in [4.69, 9.17) is 4.42 Å². The number of aromatic nitrogens is 6. The summed E-state index contributed by atoms with van der Waals surface area (Å²) < 4.78 is 8.58. The third-order valence-corrected chi connectivity index (χ3v) is 5.09. The zero-order valence-corrected chi connectivity index (χ0v) is 17.4.